The lowest BCUT2D eigenvalue weighted by Crippen LogP contribution is -1.95. The van der Waals surface area contributed by atoms with Crippen molar-refractivity contribution in [2.24, 2.45) is 5.73 Å². The molecular formula is C9H7F2N3O. The Bertz CT molecular complexity index is 484. The van der Waals surface area contributed by atoms with Crippen molar-refractivity contribution < 1.29 is 13.3 Å². The summed E-state index contributed by atoms with van der Waals surface area (Å²) in [5.74, 6) is -1.43. The first-order valence-electron chi connectivity index (χ1n) is 4.19. The number of rotatable bonds is 2. The summed E-state index contributed by atoms with van der Waals surface area (Å²) in [6.07, 6.45) is 0. The third-order valence-electron chi connectivity index (χ3n) is 1.82. The Kier molecular flexibility index (Phi) is 2.42. The van der Waals surface area contributed by atoms with Crippen molar-refractivity contribution in [1.82, 2.24) is 10.1 Å². The zero-order chi connectivity index (χ0) is 10.8. The van der Waals surface area contributed by atoms with Gasteiger partial charge >= 0.3 is 0 Å². The second-order valence-electron chi connectivity index (χ2n) is 2.84. The van der Waals surface area contributed by atoms with Crippen LogP contribution in [0, 0.1) is 11.6 Å². The van der Waals surface area contributed by atoms with E-state index in [4.69, 9.17) is 10.3 Å². The highest BCUT2D eigenvalue weighted by molar-refractivity contribution is 5.54. The molecule has 0 fully saturated rings. The van der Waals surface area contributed by atoms with Gasteiger partial charge in [-0.3, -0.25) is 0 Å². The fraction of sp³-hybridized carbons (Fsp3) is 0.111. The number of halogens is 2. The van der Waals surface area contributed by atoms with E-state index in [-0.39, 0.29) is 18.3 Å². The van der Waals surface area contributed by atoms with Gasteiger partial charge in [0.05, 0.1) is 6.54 Å². The third-order valence-corrected chi connectivity index (χ3v) is 1.82. The first kappa shape index (κ1) is 9.72. The minimum Gasteiger partial charge on any atom is -0.338 e. The second-order valence-corrected chi connectivity index (χ2v) is 2.84. The Hall–Kier alpha value is -1.82. The van der Waals surface area contributed by atoms with Crippen molar-refractivity contribution in [3.05, 3.63) is 35.7 Å². The Morgan fingerprint density at radius 1 is 1.27 bits per heavy atom. The zero-order valence-electron chi connectivity index (χ0n) is 7.58. The predicted molar refractivity (Wildman–Crippen MR) is 47.5 cm³/mol. The molecule has 2 rings (SSSR count). The van der Waals surface area contributed by atoms with Gasteiger partial charge in [-0.15, -0.1) is 0 Å². The molecule has 4 nitrogen and oxygen atoms in total. The van der Waals surface area contributed by atoms with E-state index in [9.17, 15) is 8.78 Å². The lowest BCUT2D eigenvalue weighted by atomic mass is 10.2. The minimum absolute atomic E-state index is 0.108. The fourth-order valence-electron chi connectivity index (χ4n) is 1.09. The van der Waals surface area contributed by atoms with Crippen LogP contribution in [-0.4, -0.2) is 10.1 Å². The van der Waals surface area contributed by atoms with Crippen LogP contribution in [0.2, 0.25) is 0 Å². The summed E-state index contributed by atoms with van der Waals surface area (Å²) >= 11 is 0. The summed E-state index contributed by atoms with van der Waals surface area (Å²) in [5, 5.41) is 3.57. The number of nitrogens with zero attached hydrogens (tertiary/aromatic N) is 2. The Morgan fingerprint density at radius 2 is 2.07 bits per heavy atom. The summed E-state index contributed by atoms with van der Waals surface area (Å²) in [7, 11) is 0. The van der Waals surface area contributed by atoms with Gasteiger partial charge < -0.3 is 10.3 Å². The SMILES string of the molecule is NCc1nc(-c2ccc(F)c(F)c2)no1. The first-order valence-corrected chi connectivity index (χ1v) is 4.19. The Morgan fingerprint density at radius 3 is 2.67 bits per heavy atom. The standard InChI is InChI=1S/C9H7F2N3O/c10-6-2-1-5(3-7(6)11)9-13-8(4-12)15-14-9/h1-3H,4,12H2. The van der Waals surface area contributed by atoms with Crippen molar-refractivity contribution in [1.29, 1.82) is 0 Å². The number of aromatic nitrogens is 2. The number of benzene rings is 1. The molecule has 0 radical (unpaired) electrons. The molecule has 0 spiro atoms. The Labute approximate surface area is 83.7 Å². The lowest BCUT2D eigenvalue weighted by Gasteiger charge is -1.95. The molecule has 6 heteroatoms. The highest BCUT2D eigenvalue weighted by Gasteiger charge is 2.10. The van der Waals surface area contributed by atoms with Crippen LogP contribution >= 0.6 is 0 Å². The molecule has 0 saturated carbocycles. The van der Waals surface area contributed by atoms with Crippen molar-refractivity contribution in [3.8, 4) is 11.4 Å². The van der Waals surface area contributed by atoms with Crippen LogP contribution in [0.4, 0.5) is 8.78 Å². The van der Waals surface area contributed by atoms with Gasteiger partial charge in [0, 0.05) is 5.56 Å². The predicted octanol–water partition coefficient (Wildman–Crippen LogP) is 1.47. The average molecular weight is 211 g/mol. The van der Waals surface area contributed by atoms with Crippen molar-refractivity contribution in [2.75, 3.05) is 0 Å². The minimum atomic E-state index is -0.952. The van der Waals surface area contributed by atoms with Crippen LogP contribution in [0.3, 0.4) is 0 Å². The largest absolute Gasteiger partial charge is 0.338 e. The maximum Gasteiger partial charge on any atom is 0.240 e. The topological polar surface area (TPSA) is 64.9 Å². The zero-order valence-corrected chi connectivity index (χ0v) is 7.58. The normalized spacial score (nSPS) is 10.6. The van der Waals surface area contributed by atoms with Gasteiger partial charge in [-0.1, -0.05) is 5.16 Å². The van der Waals surface area contributed by atoms with E-state index < -0.39 is 11.6 Å². The maximum absolute atomic E-state index is 12.9. The smallest absolute Gasteiger partial charge is 0.240 e. The molecule has 78 valence electrons. The summed E-state index contributed by atoms with van der Waals surface area (Å²) in [6, 6.07) is 3.37. The van der Waals surface area contributed by atoms with Crippen LogP contribution in [-0.2, 0) is 6.54 Å². The third kappa shape index (κ3) is 1.84. The average Bonchev–Trinajstić information content (AvgIpc) is 2.70. The lowest BCUT2D eigenvalue weighted by molar-refractivity contribution is 0.380. The van der Waals surface area contributed by atoms with Gasteiger partial charge in [0.1, 0.15) is 0 Å². The van der Waals surface area contributed by atoms with E-state index in [0.717, 1.165) is 12.1 Å². The van der Waals surface area contributed by atoms with E-state index in [1.54, 1.807) is 0 Å². The molecule has 2 N–H and O–H groups in total. The van der Waals surface area contributed by atoms with Crippen LogP contribution in [0.15, 0.2) is 22.7 Å². The van der Waals surface area contributed by atoms with Crippen molar-refractivity contribution in [2.45, 2.75) is 6.54 Å². The molecule has 1 heterocycles. The van der Waals surface area contributed by atoms with Crippen LogP contribution < -0.4 is 5.73 Å². The summed E-state index contributed by atoms with van der Waals surface area (Å²) in [5.41, 5.74) is 5.61. The number of hydrogen-bond acceptors (Lipinski definition) is 4. The second kappa shape index (κ2) is 3.74. The molecule has 1 aromatic heterocycles. The molecule has 0 aliphatic rings. The van der Waals surface area contributed by atoms with Crippen LogP contribution in [0.5, 0.6) is 0 Å². The van der Waals surface area contributed by atoms with Gasteiger partial charge in [-0.25, -0.2) is 8.78 Å². The molecule has 0 atom stereocenters. The molecule has 0 amide bonds. The molecule has 15 heavy (non-hydrogen) atoms. The summed E-state index contributed by atoms with van der Waals surface area (Å²) in [6.45, 7) is 0.108. The van der Waals surface area contributed by atoms with E-state index in [2.05, 4.69) is 10.1 Å². The van der Waals surface area contributed by atoms with Gasteiger partial charge in [0.25, 0.3) is 0 Å². The maximum atomic E-state index is 12.9. The van der Waals surface area contributed by atoms with Crippen LogP contribution in [0.1, 0.15) is 5.89 Å². The molecular weight excluding hydrogens is 204 g/mol. The quantitative estimate of drug-likeness (QED) is 0.816. The monoisotopic (exact) mass is 211 g/mol. The van der Waals surface area contributed by atoms with Gasteiger partial charge in [-0.2, -0.15) is 4.98 Å². The fourth-order valence-corrected chi connectivity index (χ4v) is 1.09. The molecule has 0 aliphatic heterocycles. The van der Waals surface area contributed by atoms with E-state index in [1.165, 1.54) is 6.07 Å². The number of nitrogens with two attached hydrogens (primary N) is 1. The Balaban J connectivity index is 2.40. The molecule has 0 aliphatic carbocycles. The number of hydrogen-bond donors (Lipinski definition) is 1. The van der Waals surface area contributed by atoms with E-state index in [0.29, 0.717) is 5.56 Å². The van der Waals surface area contributed by atoms with Gasteiger partial charge in [0.15, 0.2) is 11.6 Å². The first-order chi connectivity index (χ1) is 7.20. The molecule has 0 saturated heterocycles. The molecule has 0 bridgehead atoms. The molecule has 2 aromatic rings. The highest BCUT2D eigenvalue weighted by atomic mass is 19.2. The van der Waals surface area contributed by atoms with Crippen molar-refractivity contribution >= 4 is 0 Å². The molecule has 0 unspecified atom stereocenters. The summed E-state index contributed by atoms with van der Waals surface area (Å²) < 4.78 is 30.2. The van der Waals surface area contributed by atoms with Gasteiger partial charge in [0.2, 0.25) is 11.7 Å². The molecule has 1 aromatic carbocycles. The van der Waals surface area contributed by atoms with E-state index >= 15 is 0 Å². The van der Waals surface area contributed by atoms with E-state index in [1.807, 2.05) is 0 Å². The van der Waals surface area contributed by atoms with Crippen LogP contribution in [0.25, 0.3) is 11.4 Å². The summed E-state index contributed by atoms with van der Waals surface area (Å²) in [4.78, 5) is 3.88. The van der Waals surface area contributed by atoms with Gasteiger partial charge in [-0.05, 0) is 18.2 Å². The highest BCUT2D eigenvalue weighted by Crippen LogP contribution is 2.18. The van der Waals surface area contributed by atoms with Crippen molar-refractivity contribution in [3.63, 3.8) is 0 Å².